The van der Waals surface area contributed by atoms with Gasteiger partial charge < -0.3 is 5.11 Å². The lowest BCUT2D eigenvalue weighted by Crippen LogP contribution is -2.18. The normalized spacial score (nSPS) is 23.6. The fourth-order valence-corrected chi connectivity index (χ4v) is 4.07. The van der Waals surface area contributed by atoms with E-state index < -0.39 is 0 Å². The molecule has 1 nitrogen and oxygen atoms in total. The average Bonchev–Trinajstić information content (AvgIpc) is 2.72. The predicted molar refractivity (Wildman–Crippen MR) is 93.3 cm³/mol. The van der Waals surface area contributed by atoms with E-state index in [-0.39, 0.29) is 16.9 Å². The molecule has 1 aliphatic rings. The molecule has 2 unspecified atom stereocenters. The fraction of sp³-hybridized carbons (Fsp3) is 0.684. The van der Waals surface area contributed by atoms with Crippen molar-refractivity contribution in [1.29, 1.82) is 0 Å². The molecule has 2 heteroatoms. The first-order valence-corrected chi connectivity index (χ1v) is 8.96. The lowest BCUT2D eigenvalue weighted by atomic mass is 9.81. The minimum atomic E-state index is -0.133. The maximum atomic E-state index is 10.1. The molecule has 1 aromatic carbocycles. The van der Waals surface area contributed by atoms with Crippen LogP contribution in [-0.4, -0.2) is 16.5 Å². The number of thioether (sulfide) groups is 1. The van der Waals surface area contributed by atoms with Crippen LogP contribution in [0.3, 0.4) is 0 Å². The second-order valence-electron chi connectivity index (χ2n) is 8.40. The van der Waals surface area contributed by atoms with Gasteiger partial charge in [0, 0.05) is 10.1 Å². The highest BCUT2D eigenvalue weighted by molar-refractivity contribution is 8.00. The van der Waals surface area contributed by atoms with Crippen molar-refractivity contribution < 1.29 is 5.11 Å². The average molecular weight is 307 g/mol. The Morgan fingerprint density at radius 3 is 1.81 bits per heavy atom. The van der Waals surface area contributed by atoms with Crippen LogP contribution in [0.5, 0.6) is 0 Å². The molecule has 0 aromatic heterocycles. The summed E-state index contributed by atoms with van der Waals surface area (Å²) in [6.07, 6.45) is 3.12. The van der Waals surface area contributed by atoms with Gasteiger partial charge in [-0.25, -0.2) is 0 Å². The van der Waals surface area contributed by atoms with Crippen LogP contribution < -0.4 is 0 Å². The minimum Gasteiger partial charge on any atom is -0.392 e. The van der Waals surface area contributed by atoms with Crippen molar-refractivity contribution in [1.82, 2.24) is 0 Å². The molecule has 2 rings (SSSR count). The van der Waals surface area contributed by atoms with Gasteiger partial charge in [-0.1, -0.05) is 47.6 Å². The van der Waals surface area contributed by atoms with Crippen LogP contribution in [0, 0.1) is 0 Å². The van der Waals surface area contributed by atoms with Crippen LogP contribution in [0.4, 0.5) is 0 Å². The van der Waals surface area contributed by atoms with Crippen molar-refractivity contribution in [3.63, 3.8) is 0 Å². The molecule has 1 fully saturated rings. The number of hydrogen-bond donors (Lipinski definition) is 1. The monoisotopic (exact) mass is 306 g/mol. The topological polar surface area (TPSA) is 20.2 Å². The molecule has 21 heavy (non-hydrogen) atoms. The molecule has 0 radical (unpaired) electrons. The number of aliphatic hydroxyl groups is 1. The highest BCUT2D eigenvalue weighted by Gasteiger charge is 2.27. The summed E-state index contributed by atoms with van der Waals surface area (Å²) in [4.78, 5) is 1.32. The van der Waals surface area contributed by atoms with Gasteiger partial charge in [-0.3, -0.25) is 0 Å². The van der Waals surface area contributed by atoms with Crippen molar-refractivity contribution >= 4 is 11.8 Å². The Bertz CT molecular complexity index is 461. The third-order valence-electron chi connectivity index (χ3n) is 4.34. The highest BCUT2D eigenvalue weighted by Crippen LogP contribution is 2.39. The van der Waals surface area contributed by atoms with E-state index in [4.69, 9.17) is 0 Å². The Morgan fingerprint density at radius 1 is 0.905 bits per heavy atom. The lowest BCUT2D eigenvalue weighted by Gasteiger charge is -2.27. The van der Waals surface area contributed by atoms with E-state index in [0.717, 1.165) is 19.3 Å². The summed E-state index contributed by atoms with van der Waals surface area (Å²) in [5.74, 6) is 0. The fourth-order valence-electron chi connectivity index (χ4n) is 2.75. The van der Waals surface area contributed by atoms with Gasteiger partial charge in [0.15, 0.2) is 0 Å². The first-order chi connectivity index (χ1) is 9.57. The van der Waals surface area contributed by atoms with Crippen molar-refractivity contribution in [2.24, 2.45) is 0 Å². The predicted octanol–water partition coefficient (Wildman–Crippen LogP) is 5.29. The summed E-state index contributed by atoms with van der Waals surface area (Å²) in [5, 5.41) is 10.5. The summed E-state index contributed by atoms with van der Waals surface area (Å²) in [7, 11) is 0. The van der Waals surface area contributed by atoms with Gasteiger partial charge in [0.05, 0.1) is 6.10 Å². The maximum absolute atomic E-state index is 10.1. The Balaban J connectivity index is 2.36. The van der Waals surface area contributed by atoms with Crippen LogP contribution in [0.15, 0.2) is 23.1 Å². The quantitative estimate of drug-likeness (QED) is 0.801. The second kappa shape index (κ2) is 5.96. The third-order valence-corrected chi connectivity index (χ3v) is 5.70. The molecular formula is C19H30OS. The van der Waals surface area contributed by atoms with Crippen molar-refractivity contribution in [3.8, 4) is 0 Å². The van der Waals surface area contributed by atoms with E-state index in [2.05, 4.69) is 59.7 Å². The Kier molecular flexibility index (Phi) is 4.80. The molecule has 1 aromatic rings. The molecule has 1 aliphatic carbocycles. The zero-order chi connectivity index (χ0) is 15.8. The summed E-state index contributed by atoms with van der Waals surface area (Å²) in [5.41, 5.74) is 3.10. The molecule has 118 valence electrons. The van der Waals surface area contributed by atoms with Gasteiger partial charge in [-0.05, 0) is 53.4 Å². The van der Waals surface area contributed by atoms with E-state index in [1.807, 2.05) is 11.8 Å². The lowest BCUT2D eigenvalue weighted by molar-refractivity contribution is 0.188. The highest BCUT2D eigenvalue weighted by atomic mass is 32.2. The third kappa shape index (κ3) is 4.26. The molecular weight excluding hydrogens is 276 g/mol. The SMILES string of the molecule is CC(C)(C)c1cc(SC2CCCC2O)cc(C(C)(C)C)c1. The van der Waals surface area contributed by atoms with E-state index in [9.17, 15) is 5.11 Å². The van der Waals surface area contributed by atoms with Crippen LogP contribution in [0.2, 0.25) is 0 Å². The first-order valence-electron chi connectivity index (χ1n) is 8.08. The second-order valence-corrected chi connectivity index (χ2v) is 9.71. The van der Waals surface area contributed by atoms with E-state index in [0.29, 0.717) is 5.25 Å². The van der Waals surface area contributed by atoms with Crippen LogP contribution in [-0.2, 0) is 10.8 Å². The zero-order valence-electron chi connectivity index (χ0n) is 14.4. The largest absolute Gasteiger partial charge is 0.392 e. The van der Waals surface area contributed by atoms with Gasteiger partial charge in [0.1, 0.15) is 0 Å². The summed E-state index contributed by atoms with van der Waals surface area (Å²) >= 11 is 1.87. The molecule has 0 saturated heterocycles. The minimum absolute atomic E-state index is 0.133. The molecule has 0 amide bonds. The van der Waals surface area contributed by atoms with Crippen LogP contribution in [0.25, 0.3) is 0 Å². The van der Waals surface area contributed by atoms with Gasteiger partial charge in [-0.2, -0.15) is 0 Å². The number of aliphatic hydroxyl groups excluding tert-OH is 1. The standard InChI is InChI=1S/C19H30OS/c1-18(2,3)13-10-14(19(4,5)6)12-15(11-13)21-17-9-7-8-16(17)20/h10-12,16-17,20H,7-9H2,1-6H3. The van der Waals surface area contributed by atoms with Crippen LogP contribution in [0.1, 0.15) is 71.9 Å². The molecule has 0 heterocycles. The summed E-state index contributed by atoms with van der Waals surface area (Å²) < 4.78 is 0. The number of hydrogen-bond acceptors (Lipinski definition) is 2. The molecule has 2 atom stereocenters. The van der Waals surface area contributed by atoms with Gasteiger partial charge in [0.2, 0.25) is 0 Å². The summed E-state index contributed by atoms with van der Waals surface area (Å²) in [6.45, 7) is 13.6. The molecule has 0 spiro atoms. The molecule has 0 aliphatic heterocycles. The first kappa shape index (κ1) is 16.9. The number of benzene rings is 1. The molecule has 0 bridgehead atoms. The number of rotatable bonds is 2. The van der Waals surface area contributed by atoms with Crippen molar-refractivity contribution in [2.45, 2.75) is 87.9 Å². The van der Waals surface area contributed by atoms with Crippen molar-refractivity contribution in [3.05, 3.63) is 29.3 Å². The Morgan fingerprint density at radius 2 is 1.43 bits per heavy atom. The molecule has 1 saturated carbocycles. The molecule has 1 N–H and O–H groups in total. The van der Waals surface area contributed by atoms with E-state index >= 15 is 0 Å². The smallest absolute Gasteiger partial charge is 0.0662 e. The van der Waals surface area contributed by atoms with Gasteiger partial charge >= 0.3 is 0 Å². The van der Waals surface area contributed by atoms with E-state index in [1.165, 1.54) is 16.0 Å². The van der Waals surface area contributed by atoms with Crippen LogP contribution >= 0.6 is 11.8 Å². The Labute approximate surface area is 134 Å². The summed E-state index contributed by atoms with van der Waals surface area (Å²) in [6, 6.07) is 7.00. The van der Waals surface area contributed by atoms with Gasteiger partial charge in [0.25, 0.3) is 0 Å². The van der Waals surface area contributed by atoms with E-state index in [1.54, 1.807) is 0 Å². The Hall–Kier alpha value is -0.470. The zero-order valence-corrected chi connectivity index (χ0v) is 15.2. The van der Waals surface area contributed by atoms with Gasteiger partial charge in [-0.15, -0.1) is 11.8 Å². The van der Waals surface area contributed by atoms with Crippen molar-refractivity contribution in [2.75, 3.05) is 0 Å². The maximum Gasteiger partial charge on any atom is 0.0662 e.